The summed E-state index contributed by atoms with van der Waals surface area (Å²) in [6.45, 7) is 5.48. The molecule has 0 saturated carbocycles. The molecule has 7 heteroatoms. The van der Waals surface area contributed by atoms with Gasteiger partial charge in [0, 0.05) is 31.4 Å². The third kappa shape index (κ3) is 3.17. The second-order valence-corrected chi connectivity index (χ2v) is 7.00. The number of nitrogens with zero attached hydrogens (tertiary/aromatic N) is 4. The van der Waals surface area contributed by atoms with Crippen LogP contribution in [0, 0.1) is 0 Å². The maximum absolute atomic E-state index is 13.5. The molecule has 0 saturated heterocycles. The molecule has 0 N–H and O–H groups in total. The molecule has 0 radical (unpaired) electrons. The lowest BCUT2D eigenvalue weighted by atomic mass is 10.1. The van der Waals surface area contributed by atoms with Crippen LogP contribution in [0.1, 0.15) is 32.0 Å². The maximum Gasteiger partial charge on any atom is 0.354 e. The molecule has 1 aromatic carbocycles. The number of anilines is 1. The Bertz CT molecular complexity index is 905. The Hall–Kier alpha value is -3.09. The summed E-state index contributed by atoms with van der Waals surface area (Å²) < 4.78 is 7.30. The molecule has 2 aliphatic heterocycles. The number of carbonyl (C=O) groups is 2. The van der Waals surface area contributed by atoms with E-state index in [1.165, 1.54) is 0 Å². The number of hydrogen-bond acceptors (Lipinski definition) is 5. The highest BCUT2D eigenvalue weighted by Gasteiger charge is 2.41. The van der Waals surface area contributed by atoms with Crippen LogP contribution >= 0.6 is 0 Å². The van der Waals surface area contributed by atoms with Gasteiger partial charge in [-0.25, -0.2) is 4.79 Å². The first kappa shape index (κ1) is 18.3. The third-order valence-corrected chi connectivity index (χ3v) is 5.35. The number of para-hydroxylation sites is 1. The lowest BCUT2D eigenvalue weighted by molar-refractivity contribution is -0.135. The molecule has 3 heterocycles. The number of ether oxygens (including phenoxy) is 1. The zero-order valence-electron chi connectivity index (χ0n) is 16.1. The van der Waals surface area contributed by atoms with E-state index in [0.717, 1.165) is 17.9 Å². The van der Waals surface area contributed by atoms with Crippen molar-refractivity contribution in [3.63, 3.8) is 0 Å². The van der Waals surface area contributed by atoms with Crippen LogP contribution in [0.2, 0.25) is 0 Å². The van der Waals surface area contributed by atoms with E-state index in [4.69, 9.17) is 4.74 Å². The number of hydrazone groups is 1. The summed E-state index contributed by atoms with van der Waals surface area (Å²) in [5.74, 6) is -0.480. The van der Waals surface area contributed by atoms with Crippen LogP contribution in [-0.4, -0.2) is 46.2 Å². The fraction of sp³-hybridized carbons (Fsp3) is 0.381. The Kier molecular flexibility index (Phi) is 4.90. The number of fused-ring (bicyclic) bond motifs is 1. The zero-order chi connectivity index (χ0) is 19.7. The fourth-order valence-corrected chi connectivity index (χ4v) is 3.93. The summed E-state index contributed by atoms with van der Waals surface area (Å²) >= 11 is 0. The molecule has 0 fully saturated rings. The average Bonchev–Trinajstić information content (AvgIpc) is 3.36. The number of aromatic nitrogens is 1. The van der Waals surface area contributed by atoms with Gasteiger partial charge >= 0.3 is 5.97 Å². The van der Waals surface area contributed by atoms with Crippen molar-refractivity contribution in [3.8, 4) is 0 Å². The van der Waals surface area contributed by atoms with Crippen molar-refractivity contribution in [2.45, 2.75) is 38.9 Å². The molecule has 2 aromatic rings. The van der Waals surface area contributed by atoms with Gasteiger partial charge in [0.1, 0.15) is 11.8 Å². The first-order chi connectivity index (χ1) is 13.6. The minimum absolute atomic E-state index is 0.0214. The molecule has 1 amide bonds. The molecule has 0 spiro atoms. The van der Waals surface area contributed by atoms with E-state index in [1.807, 2.05) is 60.5 Å². The quantitative estimate of drug-likeness (QED) is 0.765. The van der Waals surface area contributed by atoms with E-state index in [9.17, 15) is 9.59 Å². The minimum Gasteiger partial charge on any atom is -0.461 e. The number of carbonyl (C=O) groups excluding carboxylic acids is 2. The number of hydrogen-bond donors (Lipinski definition) is 0. The third-order valence-electron chi connectivity index (χ3n) is 5.35. The molecule has 2 aliphatic rings. The van der Waals surface area contributed by atoms with Crippen molar-refractivity contribution in [1.82, 2.24) is 9.47 Å². The molecule has 1 aromatic heterocycles. The predicted molar refractivity (Wildman–Crippen MR) is 106 cm³/mol. The van der Waals surface area contributed by atoms with Gasteiger partial charge in [0.25, 0.3) is 0 Å². The van der Waals surface area contributed by atoms with E-state index in [-0.39, 0.29) is 30.7 Å². The van der Waals surface area contributed by atoms with Crippen molar-refractivity contribution in [3.05, 3.63) is 54.4 Å². The lowest BCUT2D eigenvalue weighted by Crippen LogP contribution is -2.49. The highest BCUT2D eigenvalue weighted by Crippen LogP contribution is 2.31. The summed E-state index contributed by atoms with van der Waals surface area (Å²) in [6, 6.07) is 13.0. The van der Waals surface area contributed by atoms with Gasteiger partial charge in [-0.15, -0.1) is 0 Å². The number of rotatable bonds is 4. The smallest absolute Gasteiger partial charge is 0.354 e. The summed E-state index contributed by atoms with van der Waals surface area (Å²) in [7, 11) is 0. The highest BCUT2D eigenvalue weighted by molar-refractivity contribution is 6.38. The van der Waals surface area contributed by atoms with Gasteiger partial charge in [0.05, 0.1) is 18.3 Å². The van der Waals surface area contributed by atoms with Crippen molar-refractivity contribution in [1.29, 1.82) is 0 Å². The van der Waals surface area contributed by atoms with Gasteiger partial charge in [-0.2, -0.15) is 5.10 Å². The first-order valence-electron chi connectivity index (χ1n) is 9.64. The van der Waals surface area contributed by atoms with E-state index in [1.54, 1.807) is 11.9 Å². The van der Waals surface area contributed by atoms with Crippen LogP contribution in [0.4, 0.5) is 5.69 Å². The van der Waals surface area contributed by atoms with E-state index in [2.05, 4.69) is 9.67 Å². The normalized spacial score (nSPS) is 21.3. The second-order valence-electron chi connectivity index (χ2n) is 7.00. The average molecular weight is 380 g/mol. The van der Waals surface area contributed by atoms with E-state index >= 15 is 0 Å². The summed E-state index contributed by atoms with van der Waals surface area (Å²) in [4.78, 5) is 27.6. The Morgan fingerprint density at radius 3 is 2.68 bits per heavy atom. The SMILES string of the molecule is CCOC(=O)C1=NN(c2ccccc2)C(C(=O)N2CCn3cccc3C2C)C1. The van der Waals surface area contributed by atoms with Crippen molar-refractivity contribution < 1.29 is 14.3 Å². The van der Waals surface area contributed by atoms with Crippen LogP contribution in [0.5, 0.6) is 0 Å². The molecule has 0 aliphatic carbocycles. The molecule has 2 unspecified atom stereocenters. The molecular weight excluding hydrogens is 356 g/mol. The van der Waals surface area contributed by atoms with Crippen LogP contribution in [0.25, 0.3) is 0 Å². The van der Waals surface area contributed by atoms with Crippen LogP contribution in [-0.2, 0) is 20.9 Å². The Balaban J connectivity index is 1.62. The van der Waals surface area contributed by atoms with Gasteiger partial charge in [-0.3, -0.25) is 9.80 Å². The van der Waals surface area contributed by atoms with Crippen LogP contribution in [0.15, 0.2) is 53.8 Å². The van der Waals surface area contributed by atoms with Crippen LogP contribution < -0.4 is 5.01 Å². The molecule has 7 nitrogen and oxygen atoms in total. The van der Waals surface area contributed by atoms with Gasteiger partial charge in [-0.1, -0.05) is 18.2 Å². The zero-order valence-corrected chi connectivity index (χ0v) is 16.1. The molecule has 0 bridgehead atoms. The number of esters is 1. The predicted octanol–water partition coefficient (Wildman–Crippen LogP) is 2.59. The molecular formula is C21H24N4O3. The highest BCUT2D eigenvalue weighted by atomic mass is 16.5. The standard InChI is InChI=1S/C21H24N4O3/c1-3-28-21(27)17-14-19(25(22-17)16-8-5-4-6-9-16)20(26)24-13-12-23-11-7-10-18(23)15(24)2/h4-11,15,19H,3,12-14H2,1-2H3. The Morgan fingerprint density at radius 1 is 1.14 bits per heavy atom. The lowest BCUT2D eigenvalue weighted by Gasteiger charge is -2.37. The van der Waals surface area contributed by atoms with Gasteiger partial charge in [0.2, 0.25) is 5.91 Å². The number of benzene rings is 1. The van der Waals surface area contributed by atoms with E-state index in [0.29, 0.717) is 6.54 Å². The molecule has 2 atom stereocenters. The van der Waals surface area contributed by atoms with Gasteiger partial charge in [0.15, 0.2) is 0 Å². The van der Waals surface area contributed by atoms with E-state index < -0.39 is 12.0 Å². The summed E-state index contributed by atoms with van der Waals surface area (Å²) in [5.41, 5.74) is 2.20. The van der Waals surface area contributed by atoms with Gasteiger partial charge < -0.3 is 14.2 Å². The van der Waals surface area contributed by atoms with Crippen molar-refractivity contribution in [2.75, 3.05) is 18.2 Å². The molecule has 146 valence electrons. The maximum atomic E-state index is 13.5. The molecule has 4 rings (SSSR count). The number of amides is 1. The topological polar surface area (TPSA) is 67.1 Å². The largest absolute Gasteiger partial charge is 0.461 e. The van der Waals surface area contributed by atoms with Crippen molar-refractivity contribution >= 4 is 23.3 Å². The monoisotopic (exact) mass is 380 g/mol. The Labute approximate surface area is 164 Å². The first-order valence-corrected chi connectivity index (χ1v) is 9.64. The van der Waals surface area contributed by atoms with Gasteiger partial charge in [-0.05, 0) is 38.1 Å². The summed E-state index contributed by atoms with van der Waals surface area (Å²) in [6.07, 6.45) is 2.29. The van der Waals surface area contributed by atoms with Crippen LogP contribution in [0.3, 0.4) is 0 Å². The fourth-order valence-electron chi connectivity index (χ4n) is 3.93. The summed E-state index contributed by atoms with van der Waals surface area (Å²) in [5, 5.41) is 6.12. The Morgan fingerprint density at radius 2 is 1.93 bits per heavy atom. The second kappa shape index (κ2) is 7.50. The minimum atomic E-state index is -0.550. The van der Waals surface area contributed by atoms with Crippen molar-refractivity contribution in [2.24, 2.45) is 5.10 Å². The molecule has 28 heavy (non-hydrogen) atoms.